The van der Waals surface area contributed by atoms with Crippen LogP contribution in [-0.2, 0) is 0 Å². The molecule has 1 N–H and O–H groups in total. The number of aromatic hydroxyl groups is 1. The number of carbonyl (C=O) groups is 1. The van der Waals surface area contributed by atoms with Crippen molar-refractivity contribution in [1.29, 1.82) is 5.26 Å². The molecular weight excluding hydrogens is 306 g/mol. The summed E-state index contributed by atoms with van der Waals surface area (Å²) in [4.78, 5) is 12.4. The summed E-state index contributed by atoms with van der Waals surface area (Å²) in [6, 6.07) is 8.89. The lowest BCUT2D eigenvalue weighted by molar-refractivity contribution is 0.104. The van der Waals surface area contributed by atoms with Crippen LogP contribution in [0.3, 0.4) is 0 Å². The van der Waals surface area contributed by atoms with Crippen molar-refractivity contribution < 1.29 is 19.4 Å². The second kappa shape index (κ2) is 6.09. The van der Waals surface area contributed by atoms with Crippen molar-refractivity contribution >= 4 is 11.9 Å². The molecule has 2 aromatic carbocycles. The summed E-state index contributed by atoms with van der Waals surface area (Å²) in [5.74, 6) is 0.653. The van der Waals surface area contributed by atoms with Crippen LogP contribution in [0.2, 0.25) is 0 Å². The molecule has 0 fully saturated rings. The van der Waals surface area contributed by atoms with Gasteiger partial charge in [-0.25, -0.2) is 0 Å². The number of carbonyl (C=O) groups excluding carboxylic acids is 1. The fraction of sp³-hybridized carbons (Fsp3) is 0.158. The zero-order chi connectivity index (χ0) is 17.3. The molecule has 2 aromatic rings. The van der Waals surface area contributed by atoms with E-state index in [-0.39, 0.29) is 29.5 Å². The van der Waals surface area contributed by atoms with E-state index in [0.717, 1.165) is 11.1 Å². The lowest BCUT2D eigenvalue weighted by Crippen LogP contribution is -2.00. The Balaban J connectivity index is 1.90. The van der Waals surface area contributed by atoms with E-state index in [2.05, 4.69) is 0 Å². The van der Waals surface area contributed by atoms with E-state index >= 15 is 0 Å². The van der Waals surface area contributed by atoms with Crippen molar-refractivity contribution in [2.24, 2.45) is 0 Å². The number of ether oxygens (including phenoxy) is 2. The molecule has 0 aromatic heterocycles. The van der Waals surface area contributed by atoms with Gasteiger partial charge in [-0.15, -0.1) is 0 Å². The van der Waals surface area contributed by atoms with Gasteiger partial charge < -0.3 is 14.6 Å². The molecule has 0 radical (unpaired) electrons. The number of allylic oxidation sites excluding steroid dienone is 1. The van der Waals surface area contributed by atoms with E-state index in [1.807, 2.05) is 6.07 Å². The van der Waals surface area contributed by atoms with Crippen LogP contribution in [0.5, 0.6) is 17.2 Å². The van der Waals surface area contributed by atoms with Crippen LogP contribution in [0.15, 0.2) is 30.3 Å². The highest BCUT2D eigenvalue weighted by atomic mass is 16.7. The summed E-state index contributed by atoms with van der Waals surface area (Å²) >= 11 is 0. The predicted molar refractivity (Wildman–Crippen MR) is 88.2 cm³/mol. The van der Waals surface area contributed by atoms with Gasteiger partial charge in [-0.2, -0.15) is 5.26 Å². The van der Waals surface area contributed by atoms with Crippen molar-refractivity contribution in [3.8, 4) is 23.3 Å². The number of fused-ring (bicyclic) bond motifs is 1. The minimum Gasteiger partial charge on any atom is -0.506 e. The standard InChI is InChI=1S/C19H15NO4/c1-11-7-14(19(22)15(9-20)12(11)2)16(21)5-3-13-4-6-17-18(8-13)24-10-23-17/h3-8,22H,10H2,1-2H3/b5-3+. The molecule has 0 amide bonds. The van der Waals surface area contributed by atoms with E-state index in [0.29, 0.717) is 17.1 Å². The normalized spacial score (nSPS) is 12.4. The molecule has 5 nitrogen and oxygen atoms in total. The summed E-state index contributed by atoms with van der Waals surface area (Å²) in [6.07, 6.45) is 2.99. The fourth-order valence-corrected chi connectivity index (χ4v) is 2.51. The number of nitriles is 1. The lowest BCUT2D eigenvalue weighted by atomic mass is 9.96. The van der Waals surface area contributed by atoms with Gasteiger partial charge in [0.1, 0.15) is 11.8 Å². The number of ketones is 1. The van der Waals surface area contributed by atoms with Crippen molar-refractivity contribution in [2.75, 3.05) is 6.79 Å². The molecule has 1 aliphatic heterocycles. The van der Waals surface area contributed by atoms with Gasteiger partial charge in [-0.05, 0) is 54.8 Å². The molecule has 24 heavy (non-hydrogen) atoms. The zero-order valence-electron chi connectivity index (χ0n) is 13.3. The first-order chi connectivity index (χ1) is 11.5. The smallest absolute Gasteiger partial charge is 0.231 e. The molecule has 0 aliphatic carbocycles. The van der Waals surface area contributed by atoms with Gasteiger partial charge in [0.2, 0.25) is 6.79 Å². The van der Waals surface area contributed by atoms with Gasteiger partial charge in [-0.1, -0.05) is 12.1 Å². The van der Waals surface area contributed by atoms with Crippen LogP contribution < -0.4 is 9.47 Å². The number of benzene rings is 2. The van der Waals surface area contributed by atoms with Crippen molar-refractivity contribution in [3.63, 3.8) is 0 Å². The van der Waals surface area contributed by atoms with Gasteiger partial charge in [0.05, 0.1) is 11.1 Å². The zero-order valence-corrected chi connectivity index (χ0v) is 13.3. The Labute approximate surface area is 139 Å². The highest BCUT2D eigenvalue weighted by Gasteiger charge is 2.17. The molecule has 120 valence electrons. The second-order valence-corrected chi connectivity index (χ2v) is 5.51. The van der Waals surface area contributed by atoms with Gasteiger partial charge in [-0.3, -0.25) is 4.79 Å². The van der Waals surface area contributed by atoms with E-state index in [9.17, 15) is 9.90 Å². The molecule has 0 saturated carbocycles. The Morgan fingerprint density at radius 1 is 1.25 bits per heavy atom. The Bertz CT molecular complexity index is 907. The van der Waals surface area contributed by atoms with Crippen LogP contribution in [0.1, 0.15) is 32.6 Å². The summed E-state index contributed by atoms with van der Waals surface area (Å²) in [5.41, 5.74) is 2.48. The molecule has 0 bridgehead atoms. The third-order valence-electron chi connectivity index (χ3n) is 4.02. The third kappa shape index (κ3) is 2.70. The molecule has 0 saturated heterocycles. The van der Waals surface area contributed by atoms with Crippen LogP contribution in [0, 0.1) is 25.2 Å². The maximum absolute atomic E-state index is 12.4. The first kappa shape index (κ1) is 15.6. The van der Waals surface area contributed by atoms with Gasteiger partial charge in [0.25, 0.3) is 0 Å². The minimum absolute atomic E-state index is 0.117. The number of hydrogen-bond acceptors (Lipinski definition) is 5. The highest BCUT2D eigenvalue weighted by molar-refractivity contribution is 6.09. The summed E-state index contributed by atoms with van der Waals surface area (Å²) in [6.45, 7) is 3.73. The van der Waals surface area contributed by atoms with E-state index in [1.54, 1.807) is 44.2 Å². The van der Waals surface area contributed by atoms with Crippen LogP contribution in [-0.4, -0.2) is 17.7 Å². The quantitative estimate of drug-likeness (QED) is 0.691. The maximum atomic E-state index is 12.4. The molecule has 0 atom stereocenters. The van der Waals surface area contributed by atoms with Crippen molar-refractivity contribution in [2.45, 2.75) is 13.8 Å². The third-order valence-corrected chi connectivity index (χ3v) is 4.02. The monoisotopic (exact) mass is 321 g/mol. The molecule has 0 spiro atoms. The number of rotatable bonds is 3. The second-order valence-electron chi connectivity index (χ2n) is 5.51. The summed E-state index contributed by atoms with van der Waals surface area (Å²) in [7, 11) is 0. The van der Waals surface area contributed by atoms with Crippen molar-refractivity contribution in [3.05, 3.63) is 58.2 Å². The van der Waals surface area contributed by atoms with Crippen molar-refractivity contribution in [1.82, 2.24) is 0 Å². The summed E-state index contributed by atoms with van der Waals surface area (Å²) < 4.78 is 10.5. The SMILES string of the molecule is Cc1cc(C(=O)/C=C/c2ccc3c(c2)OCO3)c(O)c(C#N)c1C. The first-order valence-corrected chi connectivity index (χ1v) is 7.36. The lowest BCUT2D eigenvalue weighted by Gasteiger charge is -2.09. The maximum Gasteiger partial charge on any atom is 0.231 e. The van der Waals surface area contributed by atoms with E-state index < -0.39 is 0 Å². The van der Waals surface area contributed by atoms with Crippen LogP contribution >= 0.6 is 0 Å². The average Bonchev–Trinajstić information content (AvgIpc) is 3.04. The molecule has 1 heterocycles. The molecule has 0 unspecified atom stereocenters. The predicted octanol–water partition coefficient (Wildman–Crippen LogP) is 3.51. The number of hydrogen-bond donors (Lipinski definition) is 1. The summed E-state index contributed by atoms with van der Waals surface area (Å²) in [5, 5.41) is 19.3. The number of phenols is 1. The Morgan fingerprint density at radius 2 is 2.00 bits per heavy atom. The van der Waals surface area contributed by atoms with Crippen LogP contribution in [0.4, 0.5) is 0 Å². The van der Waals surface area contributed by atoms with E-state index in [1.165, 1.54) is 6.08 Å². The van der Waals surface area contributed by atoms with Crippen LogP contribution in [0.25, 0.3) is 6.08 Å². The topological polar surface area (TPSA) is 79.6 Å². The largest absolute Gasteiger partial charge is 0.506 e. The minimum atomic E-state index is -0.371. The Hall–Kier alpha value is -3.26. The van der Waals surface area contributed by atoms with Gasteiger partial charge in [0, 0.05) is 0 Å². The highest BCUT2D eigenvalue weighted by Crippen LogP contribution is 2.33. The Kier molecular flexibility index (Phi) is 3.97. The Morgan fingerprint density at radius 3 is 2.75 bits per heavy atom. The van der Waals surface area contributed by atoms with Gasteiger partial charge >= 0.3 is 0 Å². The fourth-order valence-electron chi connectivity index (χ4n) is 2.51. The molecule has 1 aliphatic rings. The molecule has 5 heteroatoms. The number of nitrogens with zero attached hydrogens (tertiary/aromatic N) is 1. The molecular formula is C19H15NO4. The van der Waals surface area contributed by atoms with Gasteiger partial charge in [0.15, 0.2) is 17.3 Å². The van der Waals surface area contributed by atoms with E-state index in [4.69, 9.17) is 14.7 Å². The molecule has 3 rings (SSSR count). The average molecular weight is 321 g/mol. The first-order valence-electron chi connectivity index (χ1n) is 7.36. The number of aryl methyl sites for hydroxylation is 1. The number of phenolic OH excluding ortho intramolecular Hbond substituents is 1.